The SMILES string of the molecule is Cc1cc(C)c(S(=O)(=O)N(CC(=O)NC2CCCCCC2)Cc2ccc(Cl)cc2)c(C)c1. The molecule has 0 heterocycles. The van der Waals surface area contributed by atoms with Crippen LogP contribution in [-0.4, -0.2) is 31.2 Å². The molecule has 32 heavy (non-hydrogen) atoms. The van der Waals surface area contributed by atoms with E-state index in [2.05, 4.69) is 5.32 Å². The highest BCUT2D eigenvalue weighted by molar-refractivity contribution is 7.89. The van der Waals surface area contributed by atoms with Crippen LogP contribution in [0.2, 0.25) is 5.02 Å². The van der Waals surface area contributed by atoms with Crippen LogP contribution in [0.3, 0.4) is 0 Å². The first-order chi connectivity index (χ1) is 15.2. The Hall–Kier alpha value is -1.89. The zero-order chi connectivity index (χ0) is 23.3. The number of hydrogen-bond donors (Lipinski definition) is 1. The topological polar surface area (TPSA) is 66.5 Å². The lowest BCUT2D eigenvalue weighted by Gasteiger charge is -2.25. The molecule has 0 aliphatic heterocycles. The van der Waals surface area contributed by atoms with Crippen LogP contribution in [0.1, 0.15) is 60.8 Å². The van der Waals surface area contributed by atoms with Gasteiger partial charge in [-0.1, -0.05) is 67.1 Å². The summed E-state index contributed by atoms with van der Waals surface area (Å²) in [6.07, 6.45) is 6.47. The van der Waals surface area contributed by atoms with E-state index >= 15 is 0 Å². The highest BCUT2D eigenvalue weighted by Crippen LogP contribution is 2.27. The van der Waals surface area contributed by atoms with E-state index < -0.39 is 10.0 Å². The second-order valence-corrected chi connectivity index (χ2v) is 11.2. The molecule has 1 fully saturated rings. The minimum Gasteiger partial charge on any atom is -0.352 e. The number of rotatable bonds is 7. The minimum atomic E-state index is -3.89. The molecule has 174 valence electrons. The largest absolute Gasteiger partial charge is 0.352 e. The quantitative estimate of drug-likeness (QED) is 0.551. The first-order valence-electron chi connectivity index (χ1n) is 11.3. The number of nitrogens with one attached hydrogen (secondary N) is 1. The van der Waals surface area contributed by atoms with Crippen molar-refractivity contribution in [3.63, 3.8) is 0 Å². The van der Waals surface area contributed by atoms with E-state index in [4.69, 9.17) is 11.6 Å². The van der Waals surface area contributed by atoms with E-state index in [1.807, 2.05) is 19.1 Å². The number of benzene rings is 2. The van der Waals surface area contributed by atoms with Crippen molar-refractivity contribution in [1.82, 2.24) is 9.62 Å². The van der Waals surface area contributed by atoms with Crippen molar-refractivity contribution in [2.75, 3.05) is 6.54 Å². The number of carbonyl (C=O) groups is 1. The summed E-state index contributed by atoms with van der Waals surface area (Å²) in [5.74, 6) is -0.253. The van der Waals surface area contributed by atoms with Gasteiger partial charge in [0.15, 0.2) is 0 Å². The maximum absolute atomic E-state index is 13.8. The second kappa shape index (κ2) is 10.8. The minimum absolute atomic E-state index is 0.102. The van der Waals surface area contributed by atoms with Crippen molar-refractivity contribution >= 4 is 27.5 Å². The molecule has 1 aliphatic carbocycles. The molecule has 5 nitrogen and oxygen atoms in total. The Balaban J connectivity index is 1.89. The van der Waals surface area contributed by atoms with E-state index in [0.29, 0.717) is 16.1 Å². The Kier molecular flexibility index (Phi) is 8.37. The van der Waals surface area contributed by atoms with Crippen molar-refractivity contribution in [3.05, 3.63) is 63.7 Å². The highest BCUT2D eigenvalue weighted by atomic mass is 35.5. The number of aryl methyl sites for hydroxylation is 3. The lowest BCUT2D eigenvalue weighted by Crippen LogP contribution is -2.44. The van der Waals surface area contributed by atoms with Crippen molar-refractivity contribution in [2.24, 2.45) is 0 Å². The molecular weight excluding hydrogens is 444 g/mol. The van der Waals surface area contributed by atoms with Gasteiger partial charge in [-0.25, -0.2) is 8.42 Å². The zero-order valence-electron chi connectivity index (χ0n) is 19.2. The molecule has 2 aromatic carbocycles. The van der Waals surface area contributed by atoms with Gasteiger partial charge in [-0.15, -0.1) is 0 Å². The smallest absolute Gasteiger partial charge is 0.244 e. The molecule has 0 radical (unpaired) electrons. The highest BCUT2D eigenvalue weighted by Gasteiger charge is 2.30. The molecule has 7 heteroatoms. The van der Waals surface area contributed by atoms with Gasteiger partial charge in [0, 0.05) is 17.6 Å². The summed E-state index contributed by atoms with van der Waals surface area (Å²) in [4.78, 5) is 13.2. The van der Waals surface area contributed by atoms with Crippen LogP contribution in [0.4, 0.5) is 0 Å². The van der Waals surface area contributed by atoms with Crippen LogP contribution in [0.5, 0.6) is 0 Å². The van der Waals surface area contributed by atoms with Gasteiger partial charge in [0.2, 0.25) is 15.9 Å². The van der Waals surface area contributed by atoms with Crippen molar-refractivity contribution in [1.29, 1.82) is 0 Å². The van der Waals surface area contributed by atoms with Crippen molar-refractivity contribution in [3.8, 4) is 0 Å². The third kappa shape index (κ3) is 6.33. The first kappa shape index (κ1) is 24.7. The maximum atomic E-state index is 13.8. The van der Waals surface area contributed by atoms with Crippen LogP contribution < -0.4 is 5.32 Å². The molecule has 0 saturated heterocycles. The van der Waals surface area contributed by atoms with Gasteiger partial charge in [-0.05, 0) is 62.4 Å². The Morgan fingerprint density at radius 3 is 2.12 bits per heavy atom. The summed E-state index contributed by atoms with van der Waals surface area (Å²) in [7, 11) is -3.89. The van der Waals surface area contributed by atoms with E-state index in [1.165, 1.54) is 17.1 Å². The predicted molar refractivity (Wildman–Crippen MR) is 129 cm³/mol. The normalized spacial score (nSPS) is 15.5. The third-order valence-corrected chi connectivity index (χ3v) is 8.36. The molecule has 0 unspecified atom stereocenters. The monoisotopic (exact) mass is 476 g/mol. The fourth-order valence-electron chi connectivity index (χ4n) is 4.58. The fraction of sp³-hybridized carbons (Fsp3) is 0.480. The van der Waals surface area contributed by atoms with Gasteiger partial charge in [0.05, 0.1) is 11.4 Å². The molecule has 1 aliphatic rings. The second-order valence-electron chi connectivity index (χ2n) is 8.88. The van der Waals surface area contributed by atoms with E-state index in [1.54, 1.807) is 38.1 Å². The predicted octanol–water partition coefficient (Wildman–Crippen LogP) is 5.30. The van der Waals surface area contributed by atoms with Crippen LogP contribution in [0, 0.1) is 20.8 Å². The fourth-order valence-corrected chi connectivity index (χ4v) is 6.50. The standard InChI is InChI=1S/C25H33ClN2O3S/c1-18-14-19(2)25(20(3)15-18)32(30,31)28(16-21-10-12-22(26)13-11-21)17-24(29)27-23-8-6-4-5-7-9-23/h10-15,23H,4-9,16-17H2,1-3H3,(H,27,29). The number of sulfonamides is 1. The number of nitrogens with zero attached hydrogens (tertiary/aromatic N) is 1. The molecule has 0 spiro atoms. The van der Waals surface area contributed by atoms with E-state index in [-0.39, 0.29) is 29.9 Å². The van der Waals surface area contributed by atoms with Crippen LogP contribution in [0.25, 0.3) is 0 Å². The summed E-state index contributed by atoms with van der Waals surface area (Å²) in [6, 6.07) is 10.9. The molecule has 1 saturated carbocycles. The maximum Gasteiger partial charge on any atom is 0.244 e. The molecular formula is C25H33ClN2O3S. The van der Waals surface area contributed by atoms with Gasteiger partial charge in [0.25, 0.3) is 0 Å². The van der Waals surface area contributed by atoms with Crippen LogP contribution in [0.15, 0.2) is 41.3 Å². The molecule has 2 aromatic rings. The molecule has 1 N–H and O–H groups in total. The Morgan fingerprint density at radius 2 is 1.56 bits per heavy atom. The molecule has 0 aromatic heterocycles. The van der Waals surface area contributed by atoms with E-state index in [0.717, 1.165) is 36.8 Å². The first-order valence-corrected chi connectivity index (χ1v) is 13.1. The summed E-state index contributed by atoms with van der Waals surface area (Å²) < 4.78 is 28.8. The van der Waals surface area contributed by atoms with Gasteiger partial charge in [-0.3, -0.25) is 4.79 Å². The summed E-state index contributed by atoms with van der Waals surface area (Å²) in [5.41, 5.74) is 3.16. The zero-order valence-corrected chi connectivity index (χ0v) is 20.7. The average molecular weight is 477 g/mol. The Morgan fingerprint density at radius 1 is 1.00 bits per heavy atom. The summed E-state index contributed by atoms with van der Waals surface area (Å²) in [6.45, 7) is 5.44. The van der Waals surface area contributed by atoms with Gasteiger partial charge >= 0.3 is 0 Å². The van der Waals surface area contributed by atoms with Gasteiger partial charge in [0.1, 0.15) is 0 Å². The molecule has 3 rings (SSSR count). The van der Waals surface area contributed by atoms with Crippen LogP contribution >= 0.6 is 11.6 Å². The molecule has 0 bridgehead atoms. The summed E-state index contributed by atoms with van der Waals surface area (Å²) >= 11 is 6.00. The Labute approximate surface area is 197 Å². The van der Waals surface area contributed by atoms with Crippen molar-refractivity contribution < 1.29 is 13.2 Å². The number of carbonyl (C=O) groups excluding carboxylic acids is 1. The van der Waals surface area contributed by atoms with Gasteiger partial charge in [-0.2, -0.15) is 4.31 Å². The Bertz CT molecular complexity index is 1020. The lowest BCUT2D eigenvalue weighted by molar-refractivity contribution is -0.122. The van der Waals surface area contributed by atoms with Gasteiger partial charge < -0.3 is 5.32 Å². The number of hydrogen-bond acceptors (Lipinski definition) is 3. The third-order valence-electron chi connectivity index (χ3n) is 6.01. The summed E-state index contributed by atoms with van der Waals surface area (Å²) in [5, 5.41) is 3.66. The molecule has 1 amide bonds. The lowest BCUT2D eigenvalue weighted by atomic mass is 10.1. The number of amides is 1. The van der Waals surface area contributed by atoms with Crippen molar-refractivity contribution in [2.45, 2.75) is 76.8 Å². The van der Waals surface area contributed by atoms with Crippen LogP contribution in [-0.2, 0) is 21.4 Å². The molecule has 0 atom stereocenters. The van der Waals surface area contributed by atoms with E-state index in [9.17, 15) is 13.2 Å². The average Bonchev–Trinajstić information content (AvgIpc) is 2.96. The number of halogens is 1.